The first-order valence-corrected chi connectivity index (χ1v) is 11.2. The zero-order valence-electron chi connectivity index (χ0n) is 17.7. The predicted molar refractivity (Wildman–Crippen MR) is 121 cm³/mol. The molecule has 1 unspecified atom stereocenters. The SMILES string of the molecule is O=c1cc(N2CCC(O)CC2)cnn1C1CCCN(Cc2ccc3ncccc3c2)C1. The van der Waals surface area contributed by atoms with E-state index in [0.29, 0.717) is 0 Å². The summed E-state index contributed by atoms with van der Waals surface area (Å²) in [7, 11) is 0. The fourth-order valence-electron chi connectivity index (χ4n) is 4.84. The van der Waals surface area contributed by atoms with E-state index in [4.69, 9.17) is 0 Å². The van der Waals surface area contributed by atoms with Crippen LogP contribution in [0.4, 0.5) is 5.69 Å². The Morgan fingerprint density at radius 2 is 1.94 bits per heavy atom. The molecule has 2 aliphatic heterocycles. The van der Waals surface area contributed by atoms with Crippen molar-refractivity contribution in [2.24, 2.45) is 0 Å². The number of aliphatic hydroxyl groups excluding tert-OH is 1. The van der Waals surface area contributed by atoms with Crippen LogP contribution in [0.1, 0.15) is 37.3 Å². The summed E-state index contributed by atoms with van der Waals surface area (Å²) in [6, 6.07) is 12.3. The van der Waals surface area contributed by atoms with Crippen molar-refractivity contribution in [1.29, 1.82) is 0 Å². The molecular formula is C24H29N5O2. The van der Waals surface area contributed by atoms with Gasteiger partial charge in [0.15, 0.2) is 0 Å². The molecule has 3 aromatic rings. The summed E-state index contributed by atoms with van der Waals surface area (Å²) in [5, 5.41) is 15.4. The van der Waals surface area contributed by atoms with Gasteiger partial charge in [-0.1, -0.05) is 12.1 Å². The lowest BCUT2D eigenvalue weighted by molar-refractivity contribution is 0.145. The molecule has 0 radical (unpaired) electrons. The first kappa shape index (κ1) is 20.2. The molecule has 7 nitrogen and oxygen atoms in total. The molecule has 7 heteroatoms. The molecule has 4 heterocycles. The van der Waals surface area contributed by atoms with E-state index < -0.39 is 0 Å². The second-order valence-electron chi connectivity index (χ2n) is 8.78. The van der Waals surface area contributed by atoms with Gasteiger partial charge in [-0.25, -0.2) is 4.68 Å². The van der Waals surface area contributed by atoms with E-state index in [-0.39, 0.29) is 17.7 Å². The summed E-state index contributed by atoms with van der Waals surface area (Å²) in [5.74, 6) is 0. The molecule has 0 aliphatic carbocycles. The predicted octanol–water partition coefficient (Wildman–Crippen LogP) is 2.59. The molecule has 0 bridgehead atoms. The van der Waals surface area contributed by atoms with E-state index in [0.717, 1.165) is 75.0 Å². The minimum absolute atomic E-state index is 0.0350. The Labute approximate surface area is 181 Å². The Bertz CT molecular complexity index is 1110. The molecule has 2 aliphatic rings. The standard InChI is InChI=1S/C24H29N5O2/c30-22-7-11-28(12-8-22)21-14-24(31)29(26-15-21)20-4-2-10-27(17-20)16-18-5-6-23-19(13-18)3-1-9-25-23/h1,3,5-6,9,13-15,20,22,30H,2,4,7-8,10-12,16-17H2. The van der Waals surface area contributed by atoms with Gasteiger partial charge in [0.2, 0.25) is 0 Å². The average Bonchev–Trinajstić information content (AvgIpc) is 2.79. The van der Waals surface area contributed by atoms with Crippen molar-refractivity contribution in [3.8, 4) is 0 Å². The quantitative estimate of drug-likeness (QED) is 0.701. The Hall–Kier alpha value is -2.77. The molecular weight excluding hydrogens is 390 g/mol. The van der Waals surface area contributed by atoms with Gasteiger partial charge in [-0.05, 0) is 56.0 Å². The molecule has 1 aromatic carbocycles. The maximum absolute atomic E-state index is 12.9. The average molecular weight is 420 g/mol. The van der Waals surface area contributed by atoms with Crippen LogP contribution < -0.4 is 10.5 Å². The van der Waals surface area contributed by atoms with E-state index in [1.165, 1.54) is 5.56 Å². The van der Waals surface area contributed by atoms with Crippen molar-refractivity contribution in [1.82, 2.24) is 19.7 Å². The number of nitrogens with zero attached hydrogens (tertiary/aromatic N) is 5. The number of pyridine rings is 1. The van der Waals surface area contributed by atoms with E-state index in [9.17, 15) is 9.90 Å². The second-order valence-corrected chi connectivity index (χ2v) is 8.78. The van der Waals surface area contributed by atoms with Gasteiger partial charge in [-0.15, -0.1) is 0 Å². The molecule has 1 N–H and O–H groups in total. The van der Waals surface area contributed by atoms with E-state index >= 15 is 0 Å². The van der Waals surface area contributed by atoms with Crippen LogP contribution in [0.5, 0.6) is 0 Å². The second kappa shape index (κ2) is 8.77. The van der Waals surface area contributed by atoms with Crippen molar-refractivity contribution in [2.45, 2.75) is 44.4 Å². The molecule has 0 spiro atoms. The molecule has 162 valence electrons. The van der Waals surface area contributed by atoms with Crippen molar-refractivity contribution < 1.29 is 5.11 Å². The van der Waals surface area contributed by atoms with Crippen molar-refractivity contribution in [3.05, 3.63) is 64.7 Å². The first-order valence-electron chi connectivity index (χ1n) is 11.2. The first-order chi connectivity index (χ1) is 15.2. The number of likely N-dealkylation sites (tertiary alicyclic amines) is 1. The molecule has 5 rings (SSSR count). The van der Waals surface area contributed by atoms with Crippen LogP contribution in [0.3, 0.4) is 0 Å². The van der Waals surface area contributed by atoms with Gasteiger partial charge in [0, 0.05) is 43.8 Å². The summed E-state index contributed by atoms with van der Waals surface area (Å²) in [6.45, 7) is 4.26. The Morgan fingerprint density at radius 3 is 2.77 bits per heavy atom. The highest BCUT2D eigenvalue weighted by Gasteiger charge is 2.24. The van der Waals surface area contributed by atoms with Crippen molar-refractivity contribution >= 4 is 16.6 Å². The van der Waals surface area contributed by atoms with Gasteiger partial charge in [0.1, 0.15) is 0 Å². The maximum Gasteiger partial charge on any atom is 0.269 e. The highest BCUT2D eigenvalue weighted by atomic mass is 16.3. The number of piperidine rings is 2. The normalized spacial score (nSPS) is 20.9. The molecule has 1 atom stereocenters. The highest BCUT2D eigenvalue weighted by Crippen LogP contribution is 2.23. The molecule has 2 aromatic heterocycles. The fraction of sp³-hybridized carbons (Fsp3) is 0.458. The fourth-order valence-corrected chi connectivity index (χ4v) is 4.84. The summed E-state index contributed by atoms with van der Waals surface area (Å²) in [4.78, 5) is 21.8. The number of rotatable bonds is 4. The van der Waals surface area contributed by atoms with Gasteiger partial charge < -0.3 is 10.0 Å². The number of benzene rings is 1. The van der Waals surface area contributed by atoms with Crippen LogP contribution >= 0.6 is 0 Å². The maximum atomic E-state index is 12.9. The Kier molecular flexibility index (Phi) is 5.70. The number of fused-ring (bicyclic) bond motifs is 1. The Balaban J connectivity index is 1.28. The van der Waals surface area contributed by atoms with Crippen molar-refractivity contribution in [3.63, 3.8) is 0 Å². The summed E-state index contributed by atoms with van der Waals surface area (Å²) in [6.07, 6.45) is 6.92. The molecule has 2 saturated heterocycles. The minimum Gasteiger partial charge on any atom is -0.393 e. The molecule has 31 heavy (non-hydrogen) atoms. The lowest BCUT2D eigenvalue weighted by Gasteiger charge is -2.34. The minimum atomic E-state index is -0.225. The van der Waals surface area contributed by atoms with Crippen LogP contribution in [0.2, 0.25) is 0 Å². The number of hydrogen-bond donors (Lipinski definition) is 1. The number of aliphatic hydroxyl groups is 1. The highest BCUT2D eigenvalue weighted by molar-refractivity contribution is 5.78. The summed E-state index contributed by atoms with van der Waals surface area (Å²) >= 11 is 0. The molecule has 0 amide bonds. The van der Waals surface area contributed by atoms with Gasteiger partial charge in [0.05, 0.1) is 29.5 Å². The number of aromatic nitrogens is 3. The lowest BCUT2D eigenvalue weighted by Crippen LogP contribution is -2.41. The van der Waals surface area contributed by atoms with Crippen LogP contribution in [0, 0.1) is 0 Å². The third-order valence-corrected chi connectivity index (χ3v) is 6.54. The van der Waals surface area contributed by atoms with Gasteiger partial charge >= 0.3 is 0 Å². The third kappa shape index (κ3) is 4.48. The smallest absolute Gasteiger partial charge is 0.269 e. The van der Waals surface area contributed by atoms with Crippen LogP contribution in [0.25, 0.3) is 10.9 Å². The zero-order valence-corrected chi connectivity index (χ0v) is 17.7. The lowest BCUT2D eigenvalue weighted by atomic mass is 10.0. The zero-order chi connectivity index (χ0) is 21.2. The number of anilines is 1. The Morgan fingerprint density at radius 1 is 1.06 bits per heavy atom. The van der Waals surface area contributed by atoms with Crippen molar-refractivity contribution in [2.75, 3.05) is 31.1 Å². The summed E-state index contributed by atoms with van der Waals surface area (Å²) < 4.78 is 1.67. The van der Waals surface area contributed by atoms with Crippen LogP contribution in [0.15, 0.2) is 53.6 Å². The topological polar surface area (TPSA) is 74.5 Å². The van der Waals surface area contributed by atoms with E-state index in [1.807, 2.05) is 18.5 Å². The largest absolute Gasteiger partial charge is 0.393 e. The van der Waals surface area contributed by atoms with Crippen LogP contribution in [-0.4, -0.2) is 57.1 Å². The van der Waals surface area contributed by atoms with Gasteiger partial charge in [-0.2, -0.15) is 5.10 Å². The summed E-state index contributed by atoms with van der Waals surface area (Å²) in [5.41, 5.74) is 3.11. The van der Waals surface area contributed by atoms with Gasteiger partial charge in [-0.3, -0.25) is 14.7 Å². The molecule has 2 fully saturated rings. The van der Waals surface area contributed by atoms with E-state index in [1.54, 1.807) is 10.7 Å². The molecule has 0 saturated carbocycles. The third-order valence-electron chi connectivity index (χ3n) is 6.54. The van der Waals surface area contributed by atoms with E-state index in [2.05, 4.69) is 44.1 Å². The van der Waals surface area contributed by atoms with Gasteiger partial charge in [0.25, 0.3) is 5.56 Å². The monoisotopic (exact) mass is 419 g/mol. The number of hydrogen-bond acceptors (Lipinski definition) is 6. The van der Waals surface area contributed by atoms with Crippen LogP contribution in [-0.2, 0) is 6.54 Å².